The third-order valence-electron chi connectivity index (χ3n) is 3.78. The van der Waals surface area contributed by atoms with E-state index >= 15 is 0 Å². The molecular formula is C15H21BrN2O3. The summed E-state index contributed by atoms with van der Waals surface area (Å²) in [5.41, 5.74) is 0.625. The summed E-state index contributed by atoms with van der Waals surface area (Å²) < 4.78 is 7.66. The van der Waals surface area contributed by atoms with E-state index in [9.17, 15) is 9.59 Å². The maximum absolute atomic E-state index is 12.8. The predicted octanol–water partition coefficient (Wildman–Crippen LogP) is 2.83. The lowest BCUT2D eigenvalue weighted by Crippen LogP contribution is -2.48. The van der Waals surface area contributed by atoms with Crippen LogP contribution >= 0.6 is 15.9 Å². The highest BCUT2D eigenvalue weighted by Gasteiger charge is 2.34. The summed E-state index contributed by atoms with van der Waals surface area (Å²) in [4.78, 5) is 26.4. The Kier molecular flexibility index (Phi) is 5.45. The second-order valence-electron chi connectivity index (χ2n) is 5.27. The van der Waals surface area contributed by atoms with Crippen LogP contribution in [-0.2, 0) is 16.1 Å². The van der Waals surface area contributed by atoms with E-state index < -0.39 is 6.04 Å². The van der Waals surface area contributed by atoms with Crippen LogP contribution in [0.2, 0.25) is 0 Å². The first-order valence-corrected chi connectivity index (χ1v) is 8.12. The van der Waals surface area contributed by atoms with Crippen molar-refractivity contribution in [3.05, 3.63) is 22.4 Å². The fourth-order valence-corrected chi connectivity index (χ4v) is 3.25. The van der Waals surface area contributed by atoms with Crippen LogP contribution in [0, 0.1) is 0 Å². The molecule has 0 aromatic carbocycles. The lowest BCUT2D eigenvalue weighted by atomic mass is 10.0. The molecule has 21 heavy (non-hydrogen) atoms. The van der Waals surface area contributed by atoms with Gasteiger partial charge < -0.3 is 14.2 Å². The van der Waals surface area contributed by atoms with E-state index in [1.165, 1.54) is 7.11 Å². The van der Waals surface area contributed by atoms with E-state index in [4.69, 9.17) is 4.74 Å². The predicted molar refractivity (Wildman–Crippen MR) is 83.1 cm³/mol. The highest BCUT2D eigenvalue weighted by atomic mass is 79.9. The highest BCUT2D eigenvalue weighted by Crippen LogP contribution is 2.23. The molecule has 1 aliphatic rings. The van der Waals surface area contributed by atoms with E-state index in [1.807, 2.05) is 16.8 Å². The number of halogens is 1. The minimum absolute atomic E-state index is 0.0933. The van der Waals surface area contributed by atoms with Gasteiger partial charge >= 0.3 is 5.97 Å². The molecule has 1 aromatic heterocycles. The van der Waals surface area contributed by atoms with Crippen molar-refractivity contribution in [3.63, 3.8) is 0 Å². The van der Waals surface area contributed by atoms with Gasteiger partial charge in [-0.15, -0.1) is 0 Å². The number of rotatable bonds is 4. The molecule has 6 heteroatoms. The number of carbonyl (C=O) groups excluding carboxylic acids is 2. The van der Waals surface area contributed by atoms with Crippen LogP contribution in [0.1, 0.15) is 43.1 Å². The molecule has 5 nitrogen and oxygen atoms in total. The highest BCUT2D eigenvalue weighted by molar-refractivity contribution is 9.10. The standard InChI is InChI=1S/C15H21BrN2O3/c1-3-7-17-10-11(16)9-13(17)14(19)18-8-5-4-6-12(18)15(20)21-2/h9-10,12H,3-8H2,1-2H3. The molecular weight excluding hydrogens is 336 g/mol. The molecule has 1 unspecified atom stereocenters. The minimum Gasteiger partial charge on any atom is -0.467 e. The fraction of sp³-hybridized carbons (Fsp3) is 0.600. The molecule has 0 radical (unpaired) electrons. The Bertz CT molecular complexity index is 527. The summed E-state index contributed by atoms with van der Waals surface area (Å²) in [5, 5.41) is 0. The van der Waals surface area contributed by atoms with Crippen LogP contribution in [0.4, 0.5) is 0 Å². The van der Waals surface area contributed by atoms with Gasteiger partial charge in [0.15, 0.2) is 0 Å². The number of esters is 1. The van der Waals surface area contributed by atoms with Crippen molar-refractivity contribution >= 4 is 27.8 Å². The Hall–Kier alpha value is -1.30. The molecule has 1 fully saturated rings. The van der Waals surface area contributed by atoms with Crippen molar-refractivity contribution in [1.29, 1.82) is 0 Å². The first-order chi connectivity index (χ1) is 10.1. The molecule has 2 rings (SSSR count). The van der Waals surface area contributed by atoms with Crippen LogP contribution in [-0.4, -0.2) is 41.0 Å². The Morgan fingerprint density at radius 2 is 2.19 bits per heavy atom. The topological polar surface area (TPSA) is 51.5 Å². The Labute approximate surface area is 133 Å². The summed E-state index contributed by atoms with van der Waals surface area (Å²) in [6.07, 6.45) is 5.40. The van der Waals surface area contributed by atoms with Crippen molar-refractivity contribution in [2.75, 3.05) is 13.7 Å². The van der Waals surface area contributed by atoms with Crippen molar-refractivity contribution in [1.82, 2.24) is 9.47 Å². The first-order valence-electron chi connectivity index (χ1n) is 7.33. The number of piperidine rings is 1. The van der Waals surface area contributed by atoms with Gasteiger partial charge in [0.25, 0.3) is 5.91 Å². The number of ether oxygens (including phenoxy) is 1. The maximum Gasteiger partial charge on any atom is 0.328 e. The smallest absolute Gasteiger partial charge is 0.328 e. The van der Waals surface area contributed by atoms with Gasteiger partial charge in [-0.25, -0.2) is 4.79 Å². The average molecular weight is 357 g/mol. The molecule has 0 spiro atoms. The fourth-order valence-electron chi connectivity index (χ4n) is 2.78. The average Bonchev–Trinajstić information content (AvgIpc) is 2.87. The van der Waals surface area contributed by atoms with Crippen LogP contribution in [0.15, 0.2) is 16.7 Å². The quantitative estimate of drug-likeness (QED) is 0.779. The molecule has 1 aromatic rings. The van der Waals surface area contributed by atoms with Gasteiger partial charge in [-0.3, -0.25) is 4.79 Å². The number of methoxy groups -OCH3 is 1. The number of nitrogens with zero attached hydrogens (tertiary/aromatic N) is 2. The SMILES string of the molecule is CCCn1cc(Br)cc1C(=O)N1CCCCC1C(=O)OC. The van der Waals surface area contributed by atoms with Crippen LogP contribution in [0.5, 0.6) is 0 Å². The zero-order chi connectivity index (χ0) is 15.4. The summed E-state index contributed by atoms with van der Waals surface area (Å²) >= 11 is 3.42. The second-order valence-corrected chi connectivity index (χ2v) is 6.19. The maximum atomic E-state index is 12.8. The molecule has 0 N–H and O–H groups in total. The molecule has 1 aliphatic heterocycles. The first kappa shape index (κ1) is 16.1. The summed E-state index contributed by atoms with van der Waals surface area (Å²) in [6, 6.07) is 1.36. The molecule has 1 atom stereocenters. The zero-order valence-electron chi connectivity index (χ0n) is 12.5. The van der Waals surface area contributed by atoms with Crippen molar-refractivity contribution in [3.8, 4) is 0 Å². The number of hydrogen-bond donors (Lipinski definition) is 0. The summed E-state index contributed by atoms with van der Waals surface area (Å²) in [5.74, 6) is -0.417. The van der Waals surface area contributed by atoms with E-state index in [0.29, 0.717) is 18.7 Å². The molecule has 0 saturated carbocycles. The zero-order valence-corrected chi connectivity index (χ0v) is 14.1. The Morgan fingerprint density at radius 1 is 1.43 bits per heavy atom. The van der Waals surface area contributed by atoms with Gasteiger partial charge in [0.1, 0.15) is 11.7 Å². The van der Waals surface area contributed by atoms with Crippen molar-refractivity contribution in [2.24, 2.45) is 0 Å². The molecule has 2 heterocycles. The molecule has 0 bridgehead atoms. The lowest BCUT2D eigenvalue weighted by Gasteiger charge is -2.33. The van der Waals surface area contributed by atoms with Gasteiger partial charge in [0.2, 0.25) is 0 Å². The summed E-state index contributed by atoms with van der Waals surface area (Å²) in [7, 11) is 1.37. The van der Waals surface area contributed by atoms with Gasteiger partial charge in [0.05, 0.1) is 7.11 Å². The number of aromatic nitrogens is 1. The van der Waals surface area contributed by atoms with Crippen LogP contribution in [0.25, 0.3) is 0 Å². The number of amides is 1. The van der Waals surface area contributed by atoms with E-state index in [2.05, 4.69) is 22.9 Å². The van der Waals surface area contributed by atoms with Gasteiger partial charge in [-0.2, -0.15) is 0 Å². The van der Waals surface area contributed by atoms with Gasteiger partial charge in [-0.05, 0) is 47.7 Å². The van der Waals surface area contributed by atoms with Gasteiger partial charge in [-0.1, -0.05) is 6.92 Å². The summed E-state index contributed by atoms with van der Waals surface area (Å²) in [6.45, 7) is 3.46. The van der Waals surface area contributed by atoms with Crippen LogP contribution < -0.4 is 0 Å². The van der Waals surface area contributed by atoms with E-state index in [0.717, 1.165) is 30.3 Å². The Morgan fingerprint density at radius 3 is 2.86 bits per heavy atom. The van der Waals surface area contributed by atoms with E-state index in [1.54, 1.807) is 4.90 Å². The third-order valence-corrected chi connectivity index (χ3v) is 4.22. The molecule has 1 amide bonds. The minimum atomic E-state index is -0.458. The number of carbonyl (C=O) groups is 2. The molecule has 0 aliphatic carbocycles. The second kappa shape index (κ2) is 7.11. The number of aryl methyl sites for hydroxylation is 1. The third kappa shape index (κ3) is 3.48. The van der Waals surface area contributed by atoms with Crippen LogP contribution in [0.3, 0.4) is 0 Å². The van der Waals surface area contributed by atoms with Crippen molar-refractivity contribution < 1.29 is 14.3 Å². The van der Waals surface area contributed by atoms with Crippen molar-refractivity contribution in [2.45, 2.75) is 45.2 Å². The molecule has 116 valence electrons. The monoisotopic (exact) mass is 356 g/mol. The molecule has 1 saturated heterocycles. The normalized spacial score (nSPS) is 18.6. The lowest BCUT2D eigenvalue weighted by molar-refractivity contribution is -0.147. The number of likely N-dealkylation sites (tertiary alicyclic amines) is 1. The Balaban J connectivity index is 2.26. The van der Waals surface area contributed by atoms with E-state index in [-0.39, 0.29) is 11.9 Å². The largest absolute Gasteiger partial charge is 0.467 e. The van der Waals surface area contributed by atoms with Gasteiger partial charge in [0, 0.05) is 23.8 Å². The number of hydrogen-bond acceptors (Lipinski definition) is 3.